The van der Waals surface area contributed by atoms with E-state index in [1.54, 1.807) is 12.3 Å². The molecular weight excluding hydrogens is 289 g/mol. The number of alkyl halides is 1. The SMILES string of the molecule is CC(Cl)c1nc2cc(F)ccc2n1CCc1cccnc1. The summed E-state index contributed by atoms with van der Waals surface area (Å²) in [5.41, 5.74) is 2.70. The predicted molar refractivity (Wildman–Crippen MR) is 81.9 cm³/mol. The van der Waals surface area contributed by atoms with Crippen LogP contribution in [-0.4, -0.2) is 14.5 Å². The molecule has 21 heavy (non-hydrogen) atoms. The van der Waals surface area contributed by atoms with Crippen LogP contribution in [0.15, 0.2) is 42.7 Å². The number of fused-ring (bicyclic) bond motifs is 1. The van der Waals surface area contributed by atoms with Gasteiger partial charge in [0.05, 0.1) is 16.4 Å². The average molecular weight is 304 g/mol. The van der Waals surface area contributed by atoms with Gasteiger partial charge in [0.15, 0.2) is 0 Å². The molecule has 0 N–H and O–H groups in total. The van der Waals surface area contributed by atoms with E-state index in [0.29, 0.717) is 5.52 Å². The standard InChI is InChI=1S/C16H15ClFN3/c1-11(17)16-20-14-9-13(18)4-5-15(14)21(16)8-6-12-3-2-7-19-10-12/h2-5,7,9-11H,6,8H2,1H3. The second-order valence-electron chi connectivity index (χ2n) is 4.98. The Labute approximate surface area is 127 Å². The first-order chi connectivity index (χ1) is 10.1. The number of benzene rings is 1. The number of imidazole rings is 1. The van der Waals surface area contributed by atoms with Crippen LogP contribution >= 0.6 is 11.6 Å². The van der Waals surface area contributed by atoms with Crippen LogP contribution in [0.4, 0.5) is 4.39 Å². The summed E-state index contributed by atoms with van der Waals surface area (Å²) in [6.45, 7) is 2.61. The smallest absolute Gasteiger partial charge is 0.127 e. The molecular formula is C16H15ClFN3. The van der Waals surface area contributed by atoms with E-state index in [2.05, 4.69) is 14.5 Å². The molecule has 0 radical (unpaired) electrons. The van der Waals surface area contributed by atoms with Crippen LogP contribution < -0.4 is 0 Å². The molecule has 108 valence electrons. The molecule has 1 unspecified atom stereocenters. The van der Waals surface area contributed by atoms with E-state index < -0.39 is 0 Å². The molecule has 0 spiro atoms. The molecule has 1 atom stereocenters. The van der Waals surface area contributed by atoms with Gasteiger partial charge >= 0.3 is 0 Å². The lowest BCUT2D eigenvalue weighted by Crippen LogP contribution is -2.07. The van der Waals surface area contributed by atoms with Crippen molar-refractivity contribution in [1.29, 1.82) is 0 Å². The molecule has 2 heterocycles. The predicted octanol–water partition coefficient (Wildman–Crippen LogP) is 4.11. The second kappa shape index (κ2) is 5.82. The van der Waals surface area contributed by atoms with Crippen LogP contribution in [0.5, 0.6) is 0 Å². The van der Waals surface area contributed by atoms with Crippen molar-refractivity contribution < 1.29 is 4.39 Å². The summed E-state index contributed by atoms with van der Waals surface area (Å²) in [6.07, 6.45) is 4.43. The topological polar surface area (TPSA) is 30.7 Å². The summed E-state index contributed by atoms with van der Waals surface area (Å²) in [5.74, 6) is 0.481. The van der Waals surface area contributed by atoms with E-state index in [1.165, 1.54) is 12.1 Å². The van der Waals surface area contributed by atoms with Crippen molar-refractivity contribution in [2.75, 3.05) is 0 Å². The molecule has 0 aliphatic heterocycles. The Bertz CT molecular complexity index is 753. The zero-order chi connectivity index (χ0) is 14.8. The Balaban J connectivity index is 1.97. The van der Waals surface area contributed by atoms with E-state index in [0.717, 1.165) is 29.9 Å². The summed E-state index contributed by atoms with van der Waals surface area (Å²) in [4.78, 5) is 8.58. The molecule has 3 nitrogen and oxygen atoms in total. The molecule has 0 aliphatic rings. The van der Waals surface area contributed by atoms with Crippen molar-refractivity contribution in [3.05, 3.63) is 59.9 Å². The maximum absolute atomic E-state index is 13.3. The number of halogens is 2. The van der Waals surface area contributed by atoms with Gasteiger partial charge in [0.1, 0.15) is 11.6 Å². The Morgan fingerprint density at radius 2 is 2.19 bits per heavy atom. The number of hydrogen-bond donors (Lipinski definition) is 0. The van der Waals surface area contributed by atoms with Crippen LogP contribution in [0.2, 0.25) is 0 Å². The highest BCUT2D eigenvalue weighted by atomic mass is 35.5. The first-order valence-electron chi connectivity index (χ1n) is 6.84. The molecule has 0 fully saturated rings. The lowest BCUT2D eigenvalue weighted by Gasteiger charge is -2.10. The maximum Gasteiger partial charge on any atom is 0.127 e. The largest absolute Gasteiger partial charge is 0.326 e. The lowest BCUT2D eigenvalue weighted by molar-refractivity contribution is 0.629. The van der Waals surface area contributed by atoms with Gasteiger partial charge in [-0.25, -0.2) is 9.37 Å². The van der Waals surface area contributed by atoms with Gasteiger partial charge < -0.3 is 4.57 Å². The highest BCUT2D eigenvalue weighted by Gasteiger charge is 2.15. The zero-order valence-corrected chi connectivity index (χ0v) is 12.4. The van der Waals surface area contributed by atoms with Gasteiger partial charge in [0.2, 0.25) is 0 Å². The fourth-order valence-corrected chi connectivity index (χ4v) is 2.61. The van der Waals surface area contributed by atoms with Crippen LogP contribution in [-0.2, 0) is 13.0 Å². The Morgan fingerprint density at radius 1 is 1.33 bits per heavy atom. The zero-order valence-electron chi connectivity index (χ0n) is 11.6. The molecule has 3 aromatic rings. The van der Waals surface area contributed by atoms with Crippen molar-refractivity contribution in [3.8, 4) is 0 Å². The molecule has 0 bridgehead atoms. The average Bonchev–Trinajstić information content (AvgIpc) is 2.84. The Kier molecular flexibility index (Phi) is 3.88. The minimum absolute atomic E-state index is 0.227. The summed E-state index contributed by atoms with van der Waals surface area (Å²) >= 11 is 6.21. The third-order valence-corrected chi connectivity index (χ3v) is 3.64. The molecule has 2 aromatic heterocycles. The van der Waals surface area contributed by atoms with E-state index >= 15 is 0 Å². The number of aromatic nitrogens is 3. The molecule has 0 aliphatic carbocycles. The minimum Gasteiger partial charge on any atom is -0.326 e. The number of aryl methyl sites for hydroxylation is 2. The summed E-state index contributed by atoms with van der Waals surface area (Å²) in [7, 11) is 0. The summed E-state index contributed by atoms with van der Waals surface area (Å²) in [5, 5.41) is -0.227. The van der Waals surface area contributed by atoms with Crippen molar-refractivity contribution in [3.63, 3.8) is 0 Å². The van der Waals surface area contributed by atoms with Gasteiger partial charge in [0.25, 0.3) is 0 Å². The molecule has 1 aromatic carbocycles. The van der Waals surface area contributed by atoms with Gasteiger partial charge in [-0.15, -0.1) is 11.6 Å². The summed E-state index contributed by atoms with van der Waals surface area (Å²) < 4.78 is 15.4. The van der Waals surface area contributed by atoms with Gasteiger partial charge in [-0.3, -0.25) is 4.98 Å². The minimum atomic E-state index is -0.284. The first kappa shape index (κ1) is 14.0. The van der Waals surface area contributed by atoms with Crippen molar-refractivity contribution in [2.24, 2.45) is 0 Å². The monoisotopic (exact) mass is 303 g/mol. The Hall–Kier alpha value is -1.94. The lowest BCUT2D eigenvalue weighted by atomic mass is 10.2. The van der Waals surface area contributed by atoms with Crippen LogP contribution in [0.25, 0.3) is 11.0 Å². The highest BCUT2D eigenvalue weighted by Crippen LogP contribution is 2.25. The number of hydrogen-bond acceptors (Lipinski definition) is 2. The van der Waals surface area contributed by atoms with Gasteiger partial charge in [-0.05, 0) is 37.1 Å². The van der Waals surface area contributed by atoms with Gasteiger partial charge in [-0.1, -0.05) is 6.07 Å². The fraction of sp³-hybridized carbons (Fsp3) is 0.250. The van der Waals surface area contributed by atoms with Gasteiger partial charge in [-0.2, -0.15) is 0 Å². The van der Waals surface area contributed by atoms with E-state index in [4.69, 9.17) is 11.6 Å². The van der Waals surface area contributed by atoms with E-state index in [9.17, 15) is 4.39 Å². The van der Waals surface area contributed by atoms with Crippen molar-refractivity contribution in [2.45, 2.75) is 25.3 Å². The van der Waals surface area contributed by atoms with E-state index in [-0.39, 0.29) is 11.2 Å². The second-order valence-corrected chi connectivity index (χ2v) is 5.64. The molecule has 5 heteroatoms. The fourth-order valence-electron chi connectivity index (χ4n) is 2.45. The third-order valence-electron chi connectivity index (χ3n) is 3.44. The van der Waals surface area contributed by atoms with Crippen molar-refractivity contribution in [1.82, 2.24) is 14.5 Å². The van der Waals surface area contributed by atoms with Crippen LogP contribution in [0.1, 0.15) is 23.7 Å². The normalized spacial score (nSPS) is 12.7. The highest BCUT2D eigenvalue weighted by molar-refractivity contribution is 6.20. The number of nitrogens with zero attached hydrogens (tertiary/aromatic N) is 3. The van der Waals surface area contributed by atoms with Crippen molar-refractivity contribution >= 4 is 22.6 Å². The molecule has 0 saturated carbocycles. The molecule has 0 saturated heterocycles. The van der Waals surface area contributed by atoms with E-state index in [1.807, 2.05) is 25.3 Å². The quantitative estimate of drug-likeness (QED) is 0.679. The Morgan fingerprint density at radius 3 is 2.90 bits per heavy atom. The first-order valence-corrected chi connectivity index (χ1v) is 7.27. The summed E-state index contributed by atoms with van der Waals surface area (Å²) in [6, 6.07) is 8.60. The molecule has 3 rings (SSSR count). The molecule has 0 amide bonds. The van der Waals surface area contributed by atoms with Crippen LogP contribution in [0, 0.1) is 5.82 Å². The third kappa shape index (κ3) is 2.90. The number of rotatable bonds is 4. The van der Waals surface area contributed by atoms with Gasteiger partial charge in [0, 0.05) is 25.0 Å². The number of pyridine rings is 1. The van der Waals surface area contributed by atoms with Crippen LogP contribution in [0.3, 0.4) is 0 Å². The maximum atomic E-state index is 13.3.